The van der Waals surface area contributed by atoms with E-state index in [2.05, 4.69) is 10.2 Å². The fourth-order valence-corrected chi connectivity index (χ4v) is 3.30. The average molecular weight is 387 g/mol. The van der Waals surface area contributed by atoms with Crippen LogP contribution in [0, 0.1) is 5.82 Å². The van der Waals surface area contributed by atoms with Crippen LogP contribution >= 0.6 is 0 Å². The number of hydrogen-bond donors (Lipinski definition) is 2. The van der Waals surface area contributed by atoms with Crippen molar-refractivity contribution in [1.82, 2.24) is 4.90 Å². The van der Waals surface area contributed by atoms with Gasteiger partial charge in [-0.15, -0.1) is 0 Å². The van der Waals surface area contributed by atoms with Crippen LogP contribution in [0.5, 0.6) is 0 Å². The number of carbonyl (C=O) groups is 1. The van der Waals surface area contributed by atoms with Gasteiger partial charge in [-0.3, -0.25) is 10.2 Å². The molecule has 2 aromatic rings. The molecule has 1 saturated heterocycles. The number of aliphatic hydroxyl groups excluding tert-OH is 1. The highest BCUT2D eigenvalue weighted by Crippen LogP contribution is 2.22. The first-order chi connectivity index (χ1) is 13.6. The molecule has 1 unspecified atom stereocenters. The number of nitrogens with one attached hydrogen (secondary N) is 1. The molecule has 150 valence electrons. The zero-order valence-corrected chi connectivity index (χ0v) is 16.0. The van der Waals surface area contributed by atoms with E-state index in [9.17, 15) is 14.3 Å². The van der Waals surface area contributed by atoms with E-state index in [1.165, 1.54) is 6.07 Å². The minimum atomic E-state index is -0.628. The Labute approximate surface area is 164 Å². The molecule has 1 heterocycles. The number of hydrogen-bond acceptors (Lipinski definition) is 5. The highest BCUT2D eigenvalue weighted by molar-refractivity contribution is 5.84. The van der Waals surface area contributed by atoms with Gasteiger partial charge in [0.2, 0.25) is 0 Å². The van der Waals surface area contributed by atoms with Crippen LogP contribution in [-0.2, 0) is 4.74 Å². The quantitative estimate of drug-likeness (QED) is 0.797. The number of piperazine rings is 1. The van der Waals surface area contributed by atoms with Gasteiger partial charge >= 0.3 is 6.09 Å². The molecule has 1 aliphatic rings. The number of carbonyl (C=O) groups excluding carboxylic acids is 1. The highest BCUT2D eigenvalue weighted by Gasteiger charge is 2.21. The van der Waals surface area contributed by atoms with E-state index in [-0.39, 0.29) is 5.82 Å². The van der Waals surface area contributed by atoms with Crippen molar-refractivity contribution >= 4 is 17.5 Å². The monoisotopic (exact) mass is 387 g/mol. The van der Waals surface area contributed by atoms with Crippen molar-refractivity contribution in [2.75, 3.05) is 49.5 Å². The minimum Gasteiger partial charge on any atom is -0.450 e. The second kappa shape index (κ2) is 9.52. The van der Waals surface area contributed by atoms with Crippen molar-refractivity contribution in [3.63, 3.8) is 0 Å². The maximum atomic E-state index is 13.9. The van der Waals surface area contributed by atoms with Gasteiger partial charge in [0.1, 0.15) is 5.82 Å². The smallest absolute Gasteiger partial charge is 0.411 e. The molecule has 1 fully saturated rings. The molecule has 6 nitrogen and oxygen atoms in total. The Balaban J connectivity index is 1.49. The minimum absolute atomic E-state index is 0.201. The van der Waals surface area contributed by atoms with Gasteiger partial charge in [-0.1, -0.05) is 24.3 Å². The maximum absolute atomic E-state index is 13.9. The van der Waals surface area contributed by atoms with Crippen molar-refractivity contribution < 1.29 is 19.0 Å². The van der Waals surface area contributed by atoms with Crippen LogP contribution in [0.25, 0.3) is 0 Å². The largest absolute Gasteiger partial charge is 0.450 e. The third-order valence-electron chi connectivity index (χ3n) is 4.81. The standard InChI is InChI=1S/C21H26FN3O3/c1-2-28-21(27)23-17-9-7-16(8-10-17)20(26)15-24-11-13-25(14-12-24)19-6-4-3-5-18(19)22/h3-10,20,26H,2,11-15H2,1H3,(H,23,27). The first-order valence-electron chi connectivity index (χ1n) is 9.50. The summed E-state index contributed by atoms with van der Waals surface area (Å²) in [7, 11) is 0. The van der Waals surface area contributed by atoms with Crippen LogP contribution in [-0.4, -0.2) is 55.4 Å². The average Bonchev–Trinajstić information content (AvgIpc) is 2.70. The number of rotatable bonds is 6. The van der Waals surface area contributed by atoms with E-state index >= 15 is 0 Å². The van der Waals surface area contributed by atoms with Crippen LogP contribution in [0.3, 0.4) is 0 Å². The number of aliphatic hydroxyl groups is 1. The third kappa shape index (κ3) is 5.21. The van der Waals surface area contributed by atoms with Crippen LogP contribution < -0.4 is 10.2 Å². The number of amides is 1. The van der Waals surface area contributed by atoms with Gasteiger partial charge in [0.15, 0.2) is 0 Å². The molecule has 1 aliphatic heterocycles. The summed E-state index contributed by atoms with van der Waals surface area (Å²) in [6, 6.07) is 13.9. The number of nitrogens with zero attached hydrogens (tertiary/aromatic N) is 2. The lowest BCUT2D eigenvalue weighted by atomic mass is 10.1. The Hall–Kier alpha value is -2.64. The molecular weight excluding hydrogens is 361 g/mol. The summed E-state index contributed by atoms with van der Waals surface area (Å²) in [5.41, 5.74) is 2.03. The van der Waals surface area contributed by atoms with Gasteiger partial charge < -0.3 is 14.7 Å². The van der Waals surface area contributed by atoms with Gasteiger partial charge in [0.25, 0.3) is 0 Å². The number of halogens is 1. The molecule has 0 aliphatic carbocycles. The Kier molecular flexibility index (Phi) is 6.84. The molecule has 0 aromatic heterocycles. The number of para-hydroxylation sites is 1. The normalized spacial score (nSPS) is 15.9. The van der Waals surface area contributed by atoms with Gasteiger partial charge in [0.05, 0.1) is 18.4 Å². The Morgan fingerprint density at radius 1 is 1.14 bits per heavy atom. The van der Waals surface area contributed by atoms with Crippen LogP contribution in [0.2, 0.25) is 0 Å². The van der Waals surface area contributed by atoms with E-state index in [4.69, 9.17) is 4.74 Å². The predicted octanol–water partition coefficient (Wildman–Crippen LogP) is 3.25. The Morgan fingerprint density at radius 2 is 1.82 bits per heavy atom. The van der Waals surface area contributed by atoms with Crippen LogP contribution in [0.4, 0.5) is 20.6 Å². The lowest BCUT2D eigenvalue weighted by molar-refractivity contribution is 0.109. The van der Waals surface area contributed by atoms with Crippen molar-refractivity contribution in [3.05, 3.63) is 59.9 Å². The molecule has 7 heteroatoms. The van der Waals surface area contributed by atoms with Gasteiger partial charge in [-0.25, -0.2) is 9.18 Å². The summed E-state index contributed by atoms with van der Waals surface area (Å²) in [4.78, 5) is 15.6. The predicted molar refractivity (Wildman–Crippen MR) is 107 cm³/mol. The van der Waals surface area contributed by atoms with Crippen molar-refractivity contribution in [2.24, 2.45) is 0 Å². The number of ether oxygens (including phenoxy) is 1. The molecule has 0 bridgehead atoms. The SMILES string of the molecule is CCOC(=O)Nc1ccc(C(O)CN2CCN(c3ccccc3F)CC2)cc1. The summed E-state index contributed by atoms with van der Waals surface area (Å²) >= 11 is 0. The number of anilines is 2. The Morgan fingerprint density at radius 3 is 2.46 bits per heavy atom. The lowest BCUT2D eigenvalue weighted by Gasteiger charge is -2.37. The molecule has 0 saturated carbocycles. The van der Waals surface area contributed by atoms with E-state index in [1.54, 1.807) is 43.3 Å². The molecule has 3 rings (SSSR count). The van der Waals surface area contributed by atoms with Crippen molar-refractivity contribution in [3.8, 4) is 0 Å². The Bertz CT molecular complexity index is 777. The first kappa shape index (κ1) is 20.1. The molecule has 0 radical (unpaired) electrons. The lowest BCUT2D eigenvalue weighted by Crippen LogP contribution is -2.47. The molecular formula is C21H26FN3O3. The first-order valence-corrected chi connectivity index (χ1v) is 9.50. The number of benzene rings is 2. The fourth-order valence-electron chi connectivity index (χ4n) is 3.30. The van der Waals surface area contributed by atoms with Crippen LogP contribution in [0.1, 0.15) is 18.6 Å². The topological polar surface area (TPSA) is 65.0 Å². The fraction of sp³-hybridized carbons (Fsp3) is 0.381. The summed E-state index contributed by atoms with van der Waals surface area (Å²) in [6.07, 6.45) is -1.12. The summed E-state index contributed by atoms with van der Waals surface area (Å²) in [5.74, 6) is -0.201. The van der Waals surface area contributed by atoms with E-state index in [0.717, 1.165) is 31.7 Å². The summed E-state index contributed by atoms with van der Waals surface area (Å²) in [5, 5.41) is 13.2. The summed E-state index contributed by atoms with van der Waals surface area (Å²) < 4.78 is 18.8. The maximum Gasteiger partial charge on any atom is 0.411 e. The van der Waals surface area contributed by atoms with Gasteiger partial charge in [-0.05, 0) is 36.8 Å². The molecule has 1 atom stereocenters. The van der Waals surface area contributed by atoms with E-state index < -0.39 is 12.2 Å². The molecule has 1 amide bonds. The third-order valence-corrected chi connectivity index (χ3v) is 4.81. The molecule has 2 N–H and O–H groups in total. The molecule has 28 heavy (non-hydrogen) atoms. The zero-order chi connectivity index (χ0) is 19.9. The molecule has 2 aromatic carbocycles. The van der Waals surface area contributed by atoms with Crippen molar-refractivity contribution in [2.45, 2.75) is 13.0 Å². The second-order valence-corrected chi connectivity index (χ2v) is 6.72. The second-order valence-electron chi connectivity index (χ2n) is 6.72. The van der Waals surface area contributed by atoms with Crippen molar-refractivity contribution in [1.29, 1.82) is 0 Å². The van der Waals surface area contributed by atoms with Gasteiger partial charge in [-0.2, -0.15) is 0 Å². The van der Waals surface area contributed by atoms with E-state index in [1.807, 2.05) is 11.0 Å². The van der Waals surface area contributed by atoms with Crippen LogP contribution in [0.15, 0.2) is 48.5 Å². The van der Waals surface area contributed by atoms with Gasteiger partial charge in [0, 0.05) is 38.4 Å². The summed E-state index contributed by atoms with van der Waals surface area (Å²) in [6.45, 7) is 5.52. The van der Waals surface area contributed by atoms with E-state index in [0.29, 0.717) is 24.5 Å². The highest BCUT2D eigenvalue weighted by atomic mass is 19.1. The molecule has 0 spiro atoms. The number of β-amino-alcohol motifs (C(OH)–C–C–N with tert-alkyl or cyclic N) is 1. The zero-order valence-electron chi connectivity index (χ0n) is 16.0.